The Hall–Kier alpha value is -0.770. The first-order chi connectivity index (χ1) is 6.46. The Morgan fingerprint density at radius 3 is 2.86 bits per heavy atom. The first kappa shape index (κ1) is 11.3. The lowest BCUT2D eigenvalue weighted by Crippen LogP contribution is -2.62. The second-order valence-electron chi connectivity index (χ2n) is 4.44. The third-order valence-corrected chi connectivity index (χ3v) is 2.48. The molecular weight excluding hydrogens is 180 g/mol. The average Bonchev–Trinajstić information content (AvgIpc) is 2.10. The summed E-state index contributed by atoms with van der Waals surface area (Å²) in [6, 6.07) is 0.210. The monoisotopic (exact) mass is 200 g/mol. The highest BCUT2D eigenvalue weighted by Crippen LogP contribution is 2.15. The molecule has 1 heterocycles. The fourth-order valence-electron chi connectivity index (χ4n) is 1.62. The number of rotatable bonds is 1. The zero-order valence-corrected chi connectivity index (χ0v) is 9.46. The summed E-state index contributed by atoms with van der Waals surface area (Å²) in [4.78, 5) is 13.4. The number of hydrogen-bond acceptors (Lipinski definition) is 3. The lowest BCUT2D eigenvalue weighted by molar-refractivity contribution is 0.0619. The lowest BCUT2D eigenvalue weighted by atomic mass is 10.00. The third-order valence-electron chi connectivity index (χ3n) is 2.48. The van der Waals surface area contributed by atoms with Gasteiger partial charge in [0.15, 0.2) is 0 Å². The topological polar surface area (TPSA) is 41.6 Å². The summed E-state index contributed by atoms with van der Waals surface area (Å²) in [5.74, 6) is 0. The van der Waals surface area contributed by atoms with E-state index in [-0.39, 0.29) is 17.7 Å². The van der Waals surface area contributed by atoms with Crippen molar-refractivity contribution in [2.45, 2.75) is 39.3 Å². The normalized spacial score (nSPS) is 26.0. The van der Waals surface area contributed by atoms with Gasteiger partial charge in [-0.15, -0.1) is 0 Å². The van der Waals surface area contributed by atoms with Crippen molar-refractivity contribution in [2.75, 3.05) is 19.7 Å². The molecule has 0 spiro atoms. The van der Waals surface area contributed by atoms with Crippen molar-refractivity contribution in [1.29, 1.82) is 0 Å². The molecule has 1 aliphatic heterocycles. The minimum Gasteiger partial charge on any atom is -0.450 e. The number of carbonyl (C=O) groups is 1. The molecule has 1 fully saturated rings. The molecule has 1 amide bonds. The molecule has 0 saturated carbocycles. The van der Waals surface area contributed by atoms with E-state index in [0.717, 1.165) is 6.54 Å². The number of nitrogens with zero attached hydrogens (tertiary/aromatic N) is 1. The van der Waals surface area contributed by atoms with Crippen molar-refractivity contribution in [3.8, 4) is 0 Å². The lowest BCUT2D eigenvalue weighted by Gasteiger charge is -2.42. The SMILES string of the molecule is CCOC(=O)N1CC(C)(C)NCC1C. The van der Waals surface area contributed by atoms with Crippen molar-refractivity contribution < 1.29 is 9.53 Å². The molecule has 0 aromatic carbocycles. The Morgan fingerprint density at radius 1 is 1.64 bits per heavy atom. The van der Waals surface area contributed by atoms with Gasteiger partial charge in [-0.3, -0.25) is 0 Å². The van der Waals surface area contributed by atoms with Crippen molar-refractivity contribution in [3.63, 3.8) is 0 Å². The number of nitrogens with one attached hydrogen (secondary N) is 1. The fraction of sp³-hybridized carbons (Fsp3) is 0.900. The van der Waals surface area contributed by atoms with Gasteiger partial charge in [0.1, 0.15) is 0 Å². The molecule has 1 atom stereocenters. The predicted molar refractivity (Wildman–Crippen MR) is 55.3 cm³/mol. The summed E-state index contributed by atoms with van der Waals surface area (Å²) >= 11 is 0. The molecule has 82 valence electrons. The summed E-state index contributed by atoms with van der Waals surface area (Å²) < 4.78 is 5.00. The Morgan fingerprint density at radius 2 is 2.29 bits per heavy atom. The summed E-state index contributed by atoms with van der Waals surface area (Å²) in [6.45, 7) is 10.0. The Bertz CT molecular complexity index is 216. The Kier molecular flexibility index (Phi) is 3.37. The van der Waals surface area contributed by atoms with Crippen molar-refractivity contribution in [3.05, 3.63) is 0 Å². The van der Waals surface area contributed by atoms with Gasteiger partial charge in [0.2, 0.25) is 0 Å². The predicted octanol–water partition coefficient (Wildman–Crippen LogP) is 1.22. The zero-order chi connectivity index (χ0) is 10.8. The first-order valence-electron chi connectivity index (χ1n) is 5.14. The molecular formula is C10H20N2O2. The molecule has 14 heavy (non-hydrogen) atoms. The van der Waals surface area contributed by atoms with Gasteiger partial charge in [0.25, 0.3) is 0 Å². The molecule has 0 aliphatic carbocycles. The van der Waals surface area contributed by atoms with E-state index in [0.29, 0.717) is 13.2 Å². The van der Waals surface area contributed by atoms with Gasteiger partial charge < -0.3 is 15.0 Å². The highest BCUT2D eigenvalue weighted by Gasteiger charge is 2.33. The third kappa shape index (κ3) is 2.61. The molecule has 4 nitrogen and oxygen atoms in total. The van der Waals surface area contributed by atoms with Gasteiger partial charge in [-0.25, -0.2) is 4.79 Å². The number of amides is 1. The molecule has 0 aromatic rings. The largest absolute Gasteiger partial charge is 0.450 e. The molecule has 0 aromatic heterocycles. The van der Waals surface area contributed by atoms with E-state index in [2.05, 4.69) is 19.2 Å². The van der Waals surface area contributed by atoms with E-state index in [1.807, 2.05) is 13.8 Å². The maximum atomic E-state index is 11.6. The minimum absolute atomic E-state index is 0.0146. The van der Waals surface area contributed by atoms with Crippen molar-refractivity contribution in [2.24, 2.45) is 0 Å². The number of carbonyl (C=O) groups excluding carboxylic acids is 1. The van der Waals surface area contributed by atoms with Crippen LogP contribution in [0.4, 0.5) is 4.79 Å². The van der Waals surface area contributed by atoms with Gasteiger partial charge in [-0.2, -0.15) is 0 Å². The van der Waals surface area contributed by atoms with E-state index < -0.39 is 0 Å². The summed E-state index contributed by atoms with van der Waals surface area (Å²) in [6.07, 6.45) is -0.199. The Balaban J connectivity index is 2.61. The Labute approximate surface area is 85.6 Å². The van der Waals surface area contributed by atoms with E-state index in [1.165, 1.54) is 0 Å². The van der Waals surface area contributed by atoms with Crippen LogP contribution in [0, 0.1) is 0 Å². The van der Waals surface area contributed by atoms with Crippen LogP contribution in [0.25, 0.3) is 0 Å². The minimum atomic E-state index is -0.199. The second kappa shape index (κ2) is 4.17. The van der Waals surface area contributed by atoms with Crippen LogP contribution in [0.1, 0.15) is 27.7 Å². The van der Waals surface area contributed by atoms with Gasteiger partial charge in [-0.1, -0.05) is 0 Å². The van der Waals surface area contributed by atoms with Crippen LogP contribution in [0.15, 0.2) is 0 Å². The van der Waals surface area contributed by atoms with Gasteiger partial charge in [0.05, 0.1) is 6.61 Å². The van der Waals surface area contributed by atoms with Crippen LogP contribution in [-0.2, 0) is 4.74 Å². The molecule has 1 unspecified atom stereocenters. The highest BCUT2D eigenvalue weighted by atomic mass is 16.6. The quantitative estimate of drug-likeness (QED) is 0.692. The molecule has 1 saturated heterocycles. The molecule has 1 aliphatic rings. The van der Waals surface area contributed by atoms with E-state index in [4.69, 9.17) is 4.74 Å². The molecule has 1 N–H and O–H groups in total. The van der Waals surface area contributed by atoms with Crippen LogP contribution in [0.5, 0.6) is 0 Å². The highest BCUT2D eigenvalue weighted by molar-refractivity contribution is 5.68. The summed E-state index contributed by atoms with van der Waals surface area (Å²) in [5.41, 5.74) is -0.0146. The summed E-state index contributed by atoms with van der Waals surface area (Å²) in [5, 5.41) is 3.39. The van der Waals surface area contributed by atoms with Crippen LogP contribution < -0.4 is 5.32 Å². The van der Waals surface area contributed by atoms with Crippen LogP contribution >= 0.6 is 0 Å². The maximum Gasteiger partial charge on any atom is 0.410 e. The fourth-order valence-corrected chi connectivity index (χ4v) is 1.62. The standard InChI is InChI=1S/C10H20N2O2/c1-5-14-9(13)12-7-10(3,4)11-6-8(12)2/h8,11H,5-7H2,1-4H3. The van der Waals surface area contributed by atoms with Gasteiger partial charge in [0, 0.05) is 24.7 Å². The van der Waals surface area contributed by atoms with E-state index in [1.54, 1.807) is 4.90 Å². The summed E-state index contributed by atoms with van der Waals surface area (Å²) in [7, 11) is 0. The maximum absolute atomic E-state index is 11.6. The number of hydrogen-bond donors (Lipinski definition) is 1. The zero-order valence-electron chi connectivity index (χ0n) is 9.46. The van der Waals surface area contributed by atoms with Gasteiger partial charge in [-0.05, 0) is 27.7 Å². The van der Waals surface area contributed by atoms with E-state index >= 15 is 0 Å². The number of ether oxygens (including phenoxy) is 1. The van der Waals surface area contributed by atoms with Gasteiger partial charge >= 0.3 is 6.09 Å². The van der Waals surface area contributed by atoms with Crippen LogP contribution in [0.3, 0.4) is 0 Å². The first-order valence-corrected chi connectivity index (χ1v) is 5.14. The van der Waals surface area contributed by atoms with Crippen LogP contribution in [-0.4, -0.2) is 42.3 Å². The second-order valence-corrected chi connectivity index (χ2v) is 4.44. The molecule has 0 radical (unpaired) electrons. The van der Waals surface area contributed by atoms with Crippen molar-refractivity contribution >= 4 is 6.09 Å². The smallest absolute Gasteiger partial charge is 0.410 e. The van der Waals surface area contributed by atoms with Crippen LogP contribution in [0.2, 0.25) is 0 Å². The molecule has 0 bridgehead atoms. The number of piperazine rings is 1. The molecule has 4 heteroatoms. The molecule has 1 rings (SSSR count). The van der Waals surface area contributed by atoms with E-state index in [9.17, 15) is 4.79 Å². The average molecular weight is 200 g/mol. The van der Waals surface area contributed by atoms with Crippen molar-refractivity contribution in [1.82, 2.24) is 10.2 Å².